The van der Waals surface area contributed by atoms with Crippen molar-refractivity contribution in [1.29, 1.82) is 0 Å². The molecule has 0 aromatic rings. The van der Waals surface area contributed by atoms with E-state index in [4.69, 9.17) is 9.47 Å². The molecule has 2 aliphatic rings. The van der Waals surface area contributed by atoms with Gasteiger partial charge in [-0.25, -0.2) is 0 Å². The Kier molecular flexibility index (Phi) is 3.70. The fourth-order valence-corrected chi connectivity index (χ4v) is 2.46. The minimum absolute atomic E-state index is 0.0274. The third-order valence-corrected chi connectivity index (χ3v) is 4.21. The van der Waals surface area contributed by atoms with E-state index in [9.17, 15) is 0 Å². The first kappa shape index (κ1) is 12.1. The van der Waals surface area contributed by atoms with E-state index in [1.807, 2.05) is 0 Å². The molecular formula is C14H24O2. The van der Waals surface area contributed by atoms with E-state index >= 15 is 0 Å². The van der Waals surface area contributed by atoms with Gasteiger partial charge >= 0.3 is 0 Å². The molecule has 0 spiro atoms. The lowest BCUT2D eigenvalue weighted by atomic mass is 9.82. The fourth-order valence-electron chi connectivity index (χ4n) is 2.46. The summed E-state index contributed by atoms with van der Waals surface area (Å²) in [7, 11) is 0. The molecule has 2 atom stereocenters. The normalized spacial score (nSPS) is 44.6. The first-order valence-electron chi connectivity index (χ1n) is 6.53. The van der Waals surface area contributed by atoms with E-state index in [-0.39, 0.29) is 11.7 Å². The molecule has 0 bridgehead atoms. The van der Waals surface area contributed by atoms with Gasteiger partial charge in [-0.2, -0.15) is 0 Å². The quantitative estimate of drug-likeness (QED) is 0.669. The molecule has 1 aliphatic heterocycles. The van der Waals surface area contributed by atoms with Crippen LogP contribution in [0.25, 0.3) is 0 Å². The standard InChI is InChI=1S/C14H24O2/c1-4-14(3)9-15-13(16-10-14)12-8-6-5-7-11(12)2/h5-6,11-13H,4,7-10H2,1-3H3/t11-,12-,13?,14?/m0/s1. The average molecular weight is 224 g/mol. The van der Waals surface area contributed by atoms with Crippen LogP contribution in [0.5, 0.6) is 0 Å². The molecule has 1 aliphatic carbocycles. The molecule has 16 heavy (non-hydrogen) atoms. The first-order valence-corrected chi connectivity index (χ1v) is 6.53. The van der Waals surface area contributed by atoms with Gasteiger partial charge in [0.05, 0.1) is 13.2 Å². The van der Waals surface area contributed by atoms with Crippen LogP contribution >= 0.6 is 0 Å². The topological polar surface area (TPSA) is 18.5 Å². The molecule has 0 unspecified atom stereocenters. The zero-order valence-corrected chi connectivity index (χ0v) is 10.7. The van der Waals surface area contributed by atoms with Crippen LogP contribution in [0.4, 0.5) is 0 Å². The molecule has 2 heteroatoms. The van der Waals surface area contributed by atoms with E-state index in [2.05, 4.69) is 32.9 Å². The Balaban J connectivity index is 1.91. The molecule has 0 saturated carbocycles. The van der Waals surface area contributed by atoms with Gasteiger partial charge in [-0.3, -0.25) is 0 Å². The lowest BCUT2D eigenvalue weighted by Gasteiger charge is -2.41. The third-order valence-electron chi connectivity index (χ3n) is 4.21. The van der Waals surface area contributed by atoms with Crippen LogP contribution < -0.4 is 0 Å². The van der Waals surface area contributed by atoms with Crippen molar-refractivity contribution in [3.8, 4) is 0 Å². The highest BCUT2D eigenvalue weighted by molar-refractivity contribution is 4.95. The van der Waals surface area contributed by atoms with Gasteiger partial charge in [-0.15, -0.1) is 0 Å². The van der Waals surface area contributed by atoms with E-state index in [0.29, 0.717) is 11.8 Å². The zero-order chi connectivity index (χ0) is 11.6. The molecule has 1 fully saturated rings. The van der Waals surface area contributed by atoms with E-state index in [1.54, 1.807) is 0 Å². The summed E-state index contributed by atoms with van der Waals surface area (Å²) in [5.41, 5.74) is 0.226. The number of rotatable bonds is 2. The molecule has 1 saturated heterocycles. The Morgan fingerprint density at radius 1 is 1.19 bits per heavy atom. The second-order valence-corrected chi connectivity index (χ2v) is 5.74. The van der Waals surface area contributed by atoms with Crippen molar-refractivity contribution in [3.63, 3.8) is 0 Å². The molecule has 0 radical (unpaired) electrons. The number of ether oxygens (including phenoxy) is 2. The highest BCUT2D eigenvalue weighted by Gasteiger charge is 2.36. The van der Waals surface area contributed by atoms with Crippen molar-refractivity contribution < 1.29 is 9.47 Å². The van der Waals surface area contributed by atoms with Crippen LogP contribution in [0.2, 0.25) is 0 Å². The highest BCUT2D eigenvalue weighted by Crippen LogP contribution is 2.35. The molecule has 0 amide bonds. The van der Waals surface area contributed by atoms with Gasteiger partial charge in [-0.05, 0) is 25.2 Å². The van der Waals surface area contributed by atoms with Crippen molar-refractivity contribution in [1.82, 2.24) is 0 Å². The van der Waals surface area contributed by atoms with Gasteiger partial charge in [0.25, 0.3) is 0 Å². The number of hydrogen-bond acceptors (Lipinski definition) is 2. The Labute approximate surface area is 99.0 Å². The Morgan fingerprint density at radius 2 is 1.81 bits per heavy atom. The predicted octanol–water partition coefficient (Wildman–Crippen LogP) is 3.38. The van der Waals surface area contributed by atoms with Crippen molar-refractivity contribution in [2.24, 2.45) is 17.3 Å². The lowest BCUT2D eigenvalue weighted by molar-refractivity contribution is -0.253. The summed E-state index contributed by atoms with van der Waals surface area (Å²) in [6, 6.07) is 0. The summed E-state index contributed by atoms with van der Waals surface area (Å²) in [6.07, 6.45) is 7.97. The van der Waals surface area contributed by atoms with Crippen LogP contribution in [0.1, 0.15) is 40.0 Å². The molecule has 0 aromatic carbocycles. The van der Waals surface area contributed by atoms with Crippen molar-refractivity contribution >= 4 is 0 Å². The van der Waals surface area contributed by atoms with Crippen molar-refractivity contribution in [3.05, 3.63) is 12.2 Å². The molecule has 92 valence electrons. The van der Waals surface area contributed by atoms with Crippen LogP contribution in [0.15, 0.2) is 12.2 Å². The maximum atomic E-state index is 5.94. The van der Waals surface area contributed by atoms with Crippen LogP contribution in [-0.2, 0) is 9.47 Å². The average Bonchev–Trinajstić information content (AvgIpc) is 2.31. The maximum Gasteiger partial charge on any atom is 0.160 e. The van der Waals surface area contributed by atoms with Crippen molar-refractivity contribution in [2.45, 2.75) is 46.3 Å². The second-order valence-electron chi connectivity index (χ2n) is 5.74. The largest absolute Gasteiger partial charge is 0.352 e. The third kappa shape index (κ3) is 2.49. The Morgan fingerprint density at radius 3 is 2.38 bits per heavy atom. The summed E-state index contributed by atoms with van der Waals surface area (Å²) < 4.78 is 11.9. The summed E-state index contributed by atoms with van der Waals surface area (Å²) in [5.74, 6) is 1.23. The van der Waals surface area contributed by atoms with Gasteiger partial charge in [0.15, 0.2) is 6.29 Å². The van der Waals surface area contributed by atoms with Gasteiger partial charge in [0.2, 0.25) is 0 Å². The maximum absolute atomic E-state index is 5.94. The minimum Gasteiger partial charge on any atom is -0.352 e. The second kappa shape index (κ2) is 4.89. The summed E-state index contributed by atoms with van der Waals surface area (Å²) in [5, 5.41) is 0. The minimum atomic E-state index is 0.0274. The molecule has 2 rings (SSSR count). The van der Waals surface area contributed by atoms with Crippen LogP contribution in [0.3, 0.4) is 0 Å². The number of allylic oxidation sites excluding steroid dienone is 2. The summed E-state index contributed by atoms with van der Waals surface area (Å²) >= 11 is 0. The van der Waals surface area contributed by atoms with E-state index < -0.39 is 0 Å². The fraction of sp³-hybridized carbons (Fsp3) is 0.857. The lowest BCUT2D eigenvalue weighted by Crippen LogP contribution is -2.44. The van der Waals surface area contributed by atoms with E-state index in [1.165, 1.54) is 6.42 Å². The van der Waals surface area contributed by atoms with Crippen LogP contribution in [-0.4, -0.2) is 19.5 Å². The molecular weight excluding hydrogens is 200 g/mol. The SMILES string of the molecule is CCC1(C)COC([C@H]2CC=CC[C@@H]2C)OC1. The van der Waals surface area contributed by atoms with E-state index in [0.717, 1.165) is 26.1 Å². The zero-order valence-electron chi connectivity index (χ0n) is 10.7. The summed E-state index contributed by atoms with van der Waals surface area (Å²) in [6.45, 7) is 8.45. The van der Waals surface area contributed by atoms with Gasteiger partial charge in [-0.1, -0.05) is 32.9 Å². The Bertz CT molecular complexity index is 251. The molecule has 2 nitrogen and oxygen atoms in total. The highest BCUT2D eigenvalue weighted by atomic mass is 16.7. The van der Waals surface area contributed by atoms with Crippen molar-refractivity contribution in [2.75, 3.05) is 13.2 Å². The van der Waals surface area contributed by atoms with Gasteiger partial charge in [0.1, 0.15) is 0 Å². The van der Waals surface area contributed by atoms with Crippen LogP contribution in [0, 0.1) is 17.3 Å². The Hall–Kier alpha value is -0.340. The van der Waals surface area contributed by atoms with Gasteiger partial charge < -0.3 is 9.47 Å². The molecule has 0 N–H and O–H groups in total. The molecule has 0 aromatic heterocycles. The first-order chi connectivity index (χ1) is 7.64. The number of hydrogen-bond donors (Lipinski definition) is 0. The monoisotopic (exact) mass is 224 g/mol. The predicted molar refractivity (Wildman–Crippen MR) is 65.1 cm³/mol. The molecule has 1 heterocycles. The smallest absolute Gasteiger partial charge is 0.160 e. The summed E-state index contributed by atoms with van der Waals surface area (Å²) in [4.78, 5) is 0. The van der Waals surface area contributed by atoms with Gasteiger partial charge in [0, 0.05) is 11.3 Å².